The van der Waals surface area contributed by atoms with Gasteiger partial charge in [-0.1, -0.05) is 54.9 Å². The van der Waals surface area contributed by atoms with Gasteiger partial charge in [0.15, 0.2) is 0 Å². The highest BCUT2D eigenvalue weighted by molar-refractivity contribution is 5.79. The van der Waals surface area contributed by atoms with Crippen molar-refractivity contribution in [1.29, 1.82) is 0 Å². The largest absolute Gasteiger partial charge is 0.356 e. The maximum Gasteiger partial charge on any atom is 0.223 e. The lowest BCUT2D eigenvalue weighted by molar-refractivity contribution is -0.128. The van der Waals surface area contributed by atoms with Crippen molar-refractivity contribution in [2.75, 3.05) is 6.54 Å². The van der Waals surface area contributed by atoms with Crippen molar-refractivity contribution in [3.05, 3.63) is 0 Å². The molecule has 0 aliphatic rings. The highest BCUT2D eigenvalue weighted by Crippen LogP contribution is 2.34. The Hall–Kier alpha value is -0.530. The molecule has 0 radical (unpaired) electrons. The quantitative estimate of drug-likeness (QED) is 0.684. The van der Waals surface area contributed by atoms with E-state index in [2.05, 4.69) is 53.8 Å². The van der Waals surface area contributed by atoms with Gasteiger partial charge in [-0.25, -0.2) is 0 Å². The van der Waals surface area contributed by atoms with Crippen LogP contribution in [0.3, 0.4) is 0 Å². The van der Waals surface area contributed by atoms with E-state index in [0.29, 0.717) is 5.41 Å². The molecular weight excluding hydrogens is 222 g/mol. The summed E-state index contributed by atoms with van der Waals surface area (Å²) in [5, 5.41) is 3.11. The second kappa shape index (κ2) is 7.16. The number of carbonyl (C=O) groups excluding carboxylic acids is 1. The van der Waals surface area contributed by atoms with Crippen molar-refractivity contribution in [3.8, 4) is 0 Å². The van der Waals surface area contributed by atoms with E-state index in [1.807, 2.05) is 0 Å². The standard InChI is InChI=1S/C16H33NO/c1-8-15(5,6)11-12-17-14(18)13(4)16(7,9-2)10-3/h13H,8-12H2,1-7H3,(H,17,18). The summed E-state index contributed by atoms with van der Waals surface area (Å²) < 4.78 is 0. The van der Waals surface area contributed by atoms with E-state index in [1.165, 1.54) is 0 Å². The Morgan fingerprint density at radius 1 is 1.06 bits per heavy atom. The van der Waals surface area contributed by atoms with Crippen LogP contribution in [0.25, 0.3) is 0 Å². The molecule has 2 nitrogen and oxygen atoms in total. The predicted molar refractivity (Wildman–Crippen MR) is 79.6 cm³/mol. The van der Waals surface area contributed by atoms with Gasteiger partial charge in [0.2, 0.25) is 5.91 Å². The SMILES string of the molecule is CCC(C)(C)CCNC(=O)C(C)C(C)(CC)CC. The van der Waals surface area contributed by atoms with Crippen LogP contribution in [0.2, 0.25) is 0 Å². The summed E-state index contributed by atoms with van der Waals surface area (Å²) in [6.07, 6.45) is 4.31. The molecule has 18 heavy (non-hydrogen) atoms. The summed E-state index contributed by atoms with van der Waals surface area (Å²) >= 11 is 0. The Morgan fingerprint density at radius 3 is 1.94 bits per heavy atom. The fourth-order valence-electron chi connectivity index (χ4n) is 2.03. The molecule has 0 aromatic rings. The van der Waals surface area contributed by atoms with Gasteiger partial charge in [0.05, 0.1) is 0 Å². The predicted octanol–water partition coefficient (Wildman–Crippen LogP) is 4.39. The number of amides is 1. The minimum absolute atomic E-state index is 0.0947. The molecule has 0 heterocycles. The zero-order chi connectivity index (χ0) is 14.4. The molecule has 0 bridgehead atoms. The third kappa shape index (κ3) is 4.99. The van der Waals surface area contributed by atoms with Gasteiger partial charge in [-0.3, -0.25) is 4.79 Å². The van der Waals surface area contributed by atoms with Crippen LogP contribution in [-0.2, 0) is 4.79 Å². The molecule has 0 aliphatic carbocycles. The third-order valence-corrected chi connectivity index (χ3v) is 5.11. The first-order chi connectivity index (χ1) is 8.22. The van der Waals surface area contributed by atoms with Crippen molar-refractivity contribution in [3.63, 3.8) is 0 Å². The highest BCUT2D eigenvalue weighted by Gasteiger charge is 2.32. The maximum atomic E-state index is 12.2. The first kappa shape index (κ1) is 17.5. The van der Waals surface area contributed by atoms with E-state index >= 15 is 0 Å². The minimum atomic E-state index is 0.0947. The average molecular weight is 255 g/mol. The van der Waals surface area contributed by atoms with Gasteiger partial charge < -0.3 is 5.32 Å². The van der Waals surface area contributed by atoms with Crippen LogP contribution in [0.15, 0.2) is 0 Å². The summed E-state index contributed by atoms with van der Waals surface area (Å²) in [4.78, 5) is 12.2. The second-order valence-electron chi connectivity index (χ2n) is 6.64. The van der Waals surface area contributed by atoms with Crippen molar-refractivity contribution < 1.29 is 4.79 Å². The molecule has 0 fully saturated rings. The summed E-state index contributed by atoms with van der Waals surface area (Å²) in [5.74, 6) is 0.311. The van der Waals surface area contributed by atoms with Crippen LogP contribution in [0.1, 0.15) is 74.1 Å². The molecule has 0 rings (SSSR count). The summed E-state index contributed by atoms with van der Waals surface area (Å²) in [7, 11) is 0. The van der Waals surface area contributed by atoms with Crippen LogP contribution in [0, 0.1) is 16.7 Å². The molecule has 0 spiro atoms. The fraction of sp³-hybridized carbons (Fsp3) is 0.938. The van der Waals surface area contributed by atoms with Crippen LogP contribution >= 0.6 is 0 Å². The monoisotopic (exact) mass is 255 g/mol. The zero-order valence-electron chi connectivity index (χ0n) is 13.5. The van der Waals surface area contributed by atoms with Crippen LogP contribution in [0.5, 0.6) is 0 Å². The lowest BCUT2D eigenvalue weighted by Crippen LogP contribution is -2.39. The normalized spacial score (nSPS) is 14.4. The molecular formula is C16H33NO. The number of carbonyl (C=O) groups is 1. The van der Waals surface area contributed by atoms with Crippen molar-refractivity contribution >= 4 is 5.91 Å². The van der Waals surface area contributed by atoms with Gasteiger partial charge in [0, 0.05) is 12.5 Å². The Labute approximate surface area is 114 Å². The number of rotatable bonds is 8. The molecule has 2 heteroatoms. The zero-order valence-corrected chi connectivity index (χ0v) is 13.5. The average Bonchev–Trinajstić information content (AvgIpc) is 2.36. The summed E-state index contributed by atoms with van der Waals surface area (Å²) in [6.45, 7) is 16.1. The van der Waals surface area contributed by atoms with E-state index in [-0.39, 0.29) is 17.2 Å². The van der Waals surface area contributed by atoms with Crippen molar-refractivity contribution in [2.24, 2.45) is 16.7 Å². The minimum Gasteiger partial charge on any atom is -0.356 e. The second-order valence-corrected chi connectivity index (χ2v) is 6.64. The van der Waals surface area contributed by atoms with E-state index in [9.17, 15) is 4.79 Å². The first-order valence-corrected chi connectivity index (χ1v) is 7.50. The smallest absolute Gasteiger partial charge is 0.223 e. The lowest BCUT2D eigenvalue weighted by Gasteiger charge is -2.33. The Kier molecular flexibility index (Phi) is 6.94. The lowest BCUT2D eigenvalue weighted by atomic mass is 9.73. The molecule has 0 saturated carbocycles. The van der Waals surface area contributed by atoms with Crippen LogP contribution in [-0.4, -0.2) is 12.5 Å². The van der Waals surface area contributed by atoms with Gasteiger partial charge in [-0.05, 0) is 30.1 Å². The third-order valence-electron chi connectivity index (χ3n) is 5.11. The van der Waals surface area contributed by atoms with Crippen molar-refractivity contribution in [2.45, 2.75) is 74.1 Å². The topological polar surface area (TPSA) is 29.1 Å². The first-order valence-electron chi connectivity index (χ1n) is 7.50. The number of hydrogen-bond acceptors (Lipinski definition) is 1. The molecule has 1 unspecified atom stereocenters. The van der Waals surface area contributed by atoms with Gasteiger partial charge in [-0.15, -0.1) is 0 Å². The number of nitrogens with one attached hydrogen (secondary N) is 1. The Morgan fingerprint density at radius 2 is 1.56 bits per heavy atom. The highest BCUT2D eigenvalue weighted by atomic mass is 16.1. The molecule has 1 amide bonds. The Bertz CT molecular complexity index is 254. The van der Waals surface area contributed by atoms with Gasteiger partial charge in [0.1, 0.15) is 0 Å². The van der Waals surface area contributed by atoms with E-state index in [1.54, 1.807) is 0 Å². The molecule has 1 N–H and O–H groups in total. The maximum absolute atomic E-state index is 12.2. The van der Waals surface area contributed by atoms with Crippen molar-refractivity contribution in [1.82, 2.24) is 5.32 Å². The van der Waals surface area contributed by atoms with Gasteiger partial charge in [-0.2, -0.15) is 0 Å². The van der Waals surface area contributed by atoms with E-state index in [0.717, 1.165) is 32.2 Å². The molecule has 0 aromatic carbocycles. The van der Waals surface area contributed by atoms with Gasteiger partial charge in [0.25, 0.3) is 0 Å². The summed E-state index contributed by atoms with van der Waals surface area (Å²) in [5.41, 5.74) is 0.458. The summed E-state index contributed by atoms with van der Waals surface area (Å²) in [6, 6.07) is 0. The molecule has 0 aliphatic heterocycles. The molecule has 0 saturated heterocycles. The van der Waals surface area contributed by atoms with Crippen LogP contribution < -0.4 is 5.32 Å². The molecule has 108 valence electrons. The van der Waals surface area contributed by atoms with E-state index in [4.69, 9.17) is 0 Å². The molecule has 0 aromatic heterocycles. The fourth-order valence-corrected chi connectivity index (χ4v) is 2.03. The Balaban J connectivity index is 4.26. The van der Waals surface area contributed by atoms with E-state index < -0.39 is 0 Å². The van der Waals surface area contributed by atoms with Gasteiger partial charge >= 0.3 is 0 Å². The van der Waals surface area contributed by atoms with Crippen LogP contribution in [0.4, 0.5) is 0 Å². The number of hydrogen-bond donors (Lipinski definition) is 1. The molecule has 1 atom stereocenters.